The summed E-state index contributed by atoms with van der Waals surface area (Å²) < 4.78 is 25.0. The standard InChI is InChI=1S/C10H20N2O2S/c1-8(2)10(9(3)4)7-12-15(13,14)6-5-11/h8-10,12H,6-7H2,1-4H3. The molecule has 0 aliphatic rings. The van der Waals surface area contributed by atoms with Gasteiger partial charge in [-0.05, 0) is 17.8 Å². The van der Waals surface area contributed by atoms with E-state index in [0.29, 0.717) is 24.3 Å². The Labute approximate surface area is 92.7 Å². The summed E-state index contributed by atoms with van der Waals surface area (Å²) in [5, 5.41) is 8.32. The van der Waals surface area contributed by atoms with Crippen molar-refractivity contribution >= 4 is 10.0 Å². The number of rotatable bonds is 6. The molecule has 0 aromatic heterocycles. The van der Waals surface area contributed by atoms with Crippen LogP contribution in [-0.2, 0) is 10.0 Å². The summed E-state index contributed by atoms with van der Waals surface area (Å²) in [6.07, 6.45) is 0. The molecule has 0 atom stereocenters. The highest BCUT2D eigenvalue weighted by molar-refractivity contribution is 7.89. The van der Waals surface area contributed by atoms with Gasteiger partial charge in [0.15, 0.2) is 5.75 Å². The van der Waals surface area contributed by atoms with E-state index in [2.05, 4.69) is 32.4 Å². The normalized spacial score (nSPS) is 12.4. The van der Waals surface area contributed by atoms with Gasteiger partial charge in [0, 0.05) is 6.54 Å². The van der Waals surface area contributed by atoms with Gasteiger partial charge in [0.2, 0.25) is 10.0 Å². The molecule has 0 amide bonds. The third-order valence-corrected chi connectivity index (χ3v) is 3.62. The molecular weight excluding hydrogens is 212 g/mol. The number of hydrogen-bond acceptors (Lipinski definition) is 3. The minimum absolute atomic E-state index is 0.304. The third kappa shape index (κ3) is 5.75. The molecule has 15 heavy (non-hydrogen) atoms. The summed E-state index contributed by atoms with van der Waals surface area (Å²) in [5.74, 6) is 0.693. The molecule has 0 aromatic rings. The van der Waals surface area contributed by atoms with Crippen LogP contribution in [0.25, 0.3) is 0 Å². The van der Waals surface area contributed by atoms with Crippen molar-refractivity contribution in [1.82, 2.24) is 4.72 Å². The smallest absolute Gasteiger partial charge is 0.214 e. The number of sulfonamides is 1. The van der Waals surface area contributed by atoms with E-state index in [1.807, 2.05) is 0 Å². The Kier molecular flexibility index (Phi) is 5.84. The lowest BCUT2D eigenvalue weighted by molar-refractivity contribution is 0.289. The molecule has 0 unspecified atom stereocenters. The van der Waals surface area contributed by atoms with Crippen molar-refractivity contribution in [2.75, 3.05) is 12.3 Å². The van der Waals surface area contributed by atoms with E-state index in [1.165, 1.54) is 0 Å². The minimum Gasteiger partial charge on any atom is -0.214 e. The summed E-state index contributed by atoms with van der Waals surface area (Å²) >= 11 is 0. The molecular formula is C10H20N2O2S. The topological polar surface area (TPSA) is 70.0 Å². The van der Waals surface area contributed by atoms with Crippen LogP contribution in [0.1, 0.15) is 27.7 Å². The molecule has 0 spiro atoms. The van der Waals surface area contributed by atoms with Crippen molar-refractivity contribution < 1.29 is 8.42 Å². The fourth-order valence-corrected chi connectivity index (χ4v) is 2.32. The van der Waals surface area contributed by atoms with Gasteiger partial charge in [0.1, 0.15) is 0 Å². The van der Waals surface area contributed by atoms with E-state index in [-0.39, 0.29) is 0 Å². The molecule has 0 aliphatic carbocycles. The van der Waals surface area contributed by atoms with Crippen LogP contribution in [-0.4, -0.2) is 20.7 Å². The molecule has 88 valence electrons. The zero-order chi connectivity index (χ0) is 12.1. The van der Waals surface area contributed by atoms with E-state index in [1.54, 1.807) is 6.07 Å². The number of nitrogens with zero attached hydrogens (tertiary/aromatic N) is 1. The predicted octanol–water partition coefficient (Wildman–Crippen LogP) is 1.36. The Bertz CT molecular complexity index is 307. The Balaban J connectivity index is 4.30. The van der Waals surface area contributed by atoms with Crippen LogP contribution in [0.3, 0.4) is 0 Å². The van der Waals surface area contributed by atoms with Gasteiger partial charge < -0.3 is 0 Å². The van der Waals surface area contributed by atoms with Gasteiger partial charge in [-0.1, -0.05) is 27.7 Å². The zero-order valence-corrected chi connectivity index (χ0v) is 10.6. The van der Waals surface area contributed by atoms with Gasteiger partial charge in [0.25, 0.3) is 0 Å². The molecule has 0 aromatic carbocycles. The predicted molar refractivity (Wildman–Crippen MR) is 60.6 cm³/mol. The van der Waals surface area contributed by atoms with Crippen LogP contribution < -0.4 is 4.72 Å². The van der Waals surface area contributed by atoms with Crippen molar-refractivity contribution in [2.45, 2.75) is 27.7 Å². The van der Waals surface area contributed by atoms with Crippen LogP contribution in [0.2, 0.25) is 0 Å². The molecule has 0 aliphatic heterocycles. The van der Waals surface area contributed by atoms with Crippen LogP contribution >= 0.6 is 0 Å². The van der Waals surface area contributed by atoms with Crippen LogP contribution in [0.4, 0.5) is 0 Å². The first-order valence-electron chi connectivity index (χ1n) is 5.14. The monoisotopic (exact) mass is 232 g/mol. The van der Waals surface area contributed by atoms with Crippen molar-refractivity contribution in [3.63, 3.8) is 0 Å². The number of nitrogens with one attached hydrogen (secondary N) is 1. The Morgan fingerprint density at radius 2 is 1.67 bits per heavy atom. The Morgan fingerprint density at radius 3 is 2.00 bits per heavy atom. The lowest BCUT2D eigenvalue weighted by Crippen LogP contribution is -2.34. The molecule has 4 nitrogen and oxygen atoms in total. The number of hydrogen-bond donors (Lipinski definition) is 1. The molecule has 0 fully saturated rings. The maximum atomic E-state index is 11.2. The molecule has 0 saturated heterocycles. The highest BCUT2D eigenvalue weighted by Gasteiger charge is 2.20. The second kappa shape index (κ2) is 6.09. The second-order valence-electron chi connectivity index (χ2n) is 4.42. The van der Waals surface area contributed by atoms with Crippen LogP contribution in [0.15, 0.2) is 0 Å². The van der Waals surface area contributed by atoms with Gasteiger partial charge >= 0.3 is 0 Å². The lowest BCUT2D eigenvalue weighted by Gasteiger charge is -2.24. The first-order valence-corrected chi connectivity index (χ1v) is 6.79. The summed E-state index contributed by atoms with van der Waals surface area (Å²) in [6, 6.07) is 1.64. The van der Waals surface area contributed by atoms with Gasteiger partial charge in [-0.3, -0.25) is 0 Å². The second-order valence-corrected chi connectivity index (χ2v) is 6.22. The lowest BCUT2D eigenvalue weighted by atomic mass is 9.86. The first-order chi connectivity index (χ1) is 6.80. The van der Waals surface area contributed by atoms with E-state index >= 15 is 0 Å². The Hall–Kier alpha value is -0.600. The van der Waals surface area contributed by atoms with Crippen LogP contribution in [0.5, 0.6) is 0 Å². The highest BCUT2D eigenvalue weighted by atomic mass is 32.2. The maximum absolute atomic E-state index is 11.2. The van der Waals surface area contributed by atoms with Gasteiger partial charge in [0.05, 0.1) is 6.07 Å². The molecule has 0 radical (unpaired) electrons. The van der Waals surface area contributed by atoms with Crippen molar-refractivity contribution in [1.29, 1.82) is 5.26 Å². The third-order valence-electron chi connectivity index (χ3n) is 2.51. The SMILES string of the molecule is CC(C)C(CNS(=O)(=O)CC#N)C(C)C. The van der Waals surface area contributed by atoms with Crippen molar-refractivity contribution in [2.24, 2.45) is 17.8 Å². The highest BCUT2D eigenvalue weighted by Crippen LogP contribution is 2.19. The van der Waals surface area contributed by atoms with E-state index in [4.69, 9.17) is 5.26 Å². The molecule has 1 N–H and O–H groups in total. The summed E-state index contributed by atoms with van der Waals surface area (Å²) in [5.41, 5.74) is 0. The fraction of sp³-hybridized carbons (Fsp3) is 0.900. The van der Waals surface area contributed by atoms with Gasteiger partial charge in [-0.25, -0.2) is 13.1 Å². The largest absolute Gasteiger partial charge is 0.225 e. The van der Waals surface area contributed by atoms with E-state index < -0.39 is 15.8 Å². The first kappa shape index (κ1) is 14.4. The molecule has 0 saturated carbocycles. The maximum Gasteiger partial charge on any atom is 0.225 e. The molecule has 5 heteroatoms. The van der Waals surface area contributed by atoms with E-state index in [9.17, 15) is 8.42 Å². The van der Waals surface area contributed by atoms with Gasteiger partial charge in [-0.2, -0.15) is 5.26 Å². The molecule has 0 bridgehead atoms. The summed E-state index contributed by atoms with van der Waals surface area (Å²) in [7, 11) is -3.40. The average Bonchev–Trinajstić information content (AvgIpc) is 2.01. The average molecular weight is 232 g/mol. The summed E-state index contributed by atoms with van der Waals surface area (Å²) in [4.78, 5) is 0. The fourth-order valence-electron chi connectivity index (χ4n) is 1.60. The van der Waals surface area contributed by atoms with Crippen molar-refractivity contribution in [3.05, 3.63) is 0 Å². The summed E-state index contributed by atoms with van der Waals surface area (Å²) in [6.45, 7) is 8.71. The molecule has 0 heterocycles. The minimum atomic E-state index is -3.40. The quantitative estimate of drug-likeness (QED) is 0.751. The zero-order valence-electron chi connectivity index (χ0n) is 9.82. The van der Waals surface area contributed by atoms with E-state index in [0.717, 1.165) is 0 Å². The van der Waals surface area contributed by atoms with Gasteiger partial charge in [-0.15, -0.1) is 0 Å². The molecule has 0 rings (SSSR count). The van der Waals surface area contributed by atoms with Crippen LogP contribution in [0, 0.1) is 29.1 Å². The van der Waals surface area contributed by atoms with Crippen molar-refractivity contribution in [3.8, 4) is 6.07 Å². The number of nitriles is 1. The Morgan fingerprint density at radius 1 is 1.20 bits per heavy atom.